The molecular weight excluding hydrogens is 312 g/mol. The molecule has 7 heteroatoms. The molecular formula is C17H24N2O5. The predicted molar refractivity (Wildman–Crippen MR) is 88.8 cm³/mol. The Morgan fingerprint density at radius 1 is 1.12 bits per heavy atom. The minimum Gasteiger partial charge on any atom is -0.482 e. The molecule has 0 atom stereocenters. The Morgan fingerprint density at radius 2 is 1.88 bits per heavy atom. The molecule has 0 saturated heterocycles. The van der Waals surface area contributed by atoms with Gasteiger partial charge in [0.2, 0.25) is 0 Å². The van der Waals surface area contributed by atoms with E-state index in [4.69, 9.17) is 9.47 Å². The van der Waals surface area contributed by atoms with Gasteiger partial charge in [0, 0.05) is 6.54 Å². The topological polar surface area (TPSA) is 93.7 Å². The first-order chi connectivity index (χ1) is 11.4. The monoisotopic (exact) mass is 336 g/mol. The third-order valence-corrected chi connectivity index (χ3v) is 3.12. The van der Waals surface area contributed by atoms with Gasteiger partial charge in [-0.05, 0) is 37.5 Å². The summed E-state index contributed by atoms with van der Waals surface area (Å²) in [7, 11) is 0. The number of amides is 3. The Hall–Kier alpha value is -2.57. The van der Waals surface area contributed by atoms with Gasteiger partial charge in [-0.3, -0.25) is 10.1 Å². The lowest BCUT2D eigenvalue weighted by Gasteiger charge is -2.10. The van der Waals surface area contributed by atoms with Crippen LogP contribution in [0, 0.1) is 13.8 Å². The van der Waals surface area contributed by atoms with Crippen LogP contribution in [0.25, 0.3) is 0 Å². The van der Waals surface area contributed by atoms with Crippen molar-refractivity contribution in [1.29, 1.82) is 0 Å². The van der Waals surface area contributed by atoms with E-state index in [1.165, 1.54) is 0 Å². The van der Waals surface area contributed by atoms with Gasteiger partial charge < -0.3 is 14.8 Å². The first kappa shape index (κ1) is 19.5. The second-order valence-corrected chi connectivity index (χ2v) is 5.38. The fourth-order valence-corrected chi connectivity index (χ4v) is 1.77. The highest BCUT2D eigenvalue weighted by Crippen LogP contribution is 2.18. The summed E-state index contributed by atoms with van der Waals surface area (Å²) in [6.45, 7) is 5.42. The first-order valence-corrected chi connectivity index (χ1v) is 7.85. The Labute approximate surface area is 141 Å². The summed E-state index contributed by atoms with van der Waals surface area (Å²) in [6, 6.07) is 5.05. The SMILES string of the molecule is CCCCNC(=O)NC(=O)COC(=O)COc1cc(C)ccc1C. The fraction of sp³-hybridized carbons (Fsp3) is 0.471. The van der Waals surface area contributed by atoms with Gasteiger partial charge in [-0.15, -0.1) is 0 Å². The third-order valence-electron chi connectivity index (χ3n) is 3.12. The summed E-state index contributed by atoms with van der Waals surface area (Å²) in [5, 5.41) is 4.60. The summed E-state index contributed by atoms with van der Waals surface area (Å²) in [4.78, 5) is 34.4. The van der Waals surface area contributed by atoms with Crippen LogP contribution in [0.1, 0.15) is 30.9 Å². The molecule has 0 heterocycles. The van der Waals surface area contributed by atoms with Gasteiger partial charge >= 0.3 is 12.0 Å². The van der Waals surface area contributed by atoms with Gasteiger partial charge in [-0.2, -0.15) is 0 Å². The maximum Gasteiger partial charge on any atom is 0.344 e. The first-order valence-electron chi connectivity index (χ1n) is 7.85. The lowest BCUT2D eigenvalue weighted by molar-refractivity contribution is -0.150. The summed E-state index contributed by atoms with van der Waals surface area (Å²) in [5.74, 6) is -0.784. The van der Waals surface area contributed by atoms with E-state index < -0.39 is 24.5 Å². The minimum atomic E-state index is -0.691. The molecule has 132 valence electrons. The van der Waals surface area contributed by atoms with E-state index in [2.05, 4.69) is 10.6 Å². The van der Waals surface area contributed by atoms with E-state index in [1.54, 1.807) is 0 Å². The average Bonchev–Trinajstić information content (AvgIpc) is 2.54. The van der Waals surface area contributed by atoms with E-state index in [-0.39, 0.29) is 6.61 Å². The van der Waals surface area contributed by atoms with E-state index in [9.17, 15) is 14.4 Å². The molecule has 0 radical (unpaired) electrons. The van der Waals surface area contributed by atoms with Gasteiger partial charge in [0.1, 0.15) is 5.75 Å². The molecule has 7 nitrogen and oxygen atoms in total. The molecule has 0 aromatic heterocycles. The van der Waals surface area contributed by atoms with Gasteiger partial charge in [-0.25, -0.2) is 9.59 Å². The number of hydrogen-bond donors (Lipinski definition) is 2. The van der Waals surface area contributed by atoms with Crippen LogP contribution in [0.4, 0.5) is 4.79 Å². The van der Waals surface area contributed by atoms with Crippen LogP contribution >= 0.6 is 0 Å². The Kier molecular flexibility index (Phi) is 8.32. The molecule has 0 aliphatic heterocycles. The third kappa shape index (κ3) is 7.62. The number of carbonyl (C=O) groups is 3. The van der Waals surface area contributed by atoms with Gasteiger partial charge in [0.15, 0.2) is 13.2 Å². The molecule has 1 rings (SSSR count). The van der Waals surface area contributed by atoms with Crippen LogP contribution in [0.5, 0.6) is 5.75 Å². The number of carbonyl (C=O) groups excluding carboxylic acids is 3. The van der Waals surface area contributed by atoms with Crippen LogP contribution in [0.3, 0.4) is 0 Å². The van der Waals surface area contributed by atoms with Crippen molar-refractivity contribution >= 4 is 17.9 Å². The predicted octanol–water partition coefficient (Wildman–Crippen LogP) is 1.85. The normalized spacial score (nSPS) is 9.96. The summed E-state index contributed by atoms with van der Waals surface area (Å²) >= 11 is 0. The number of nitrogens with one attached hydrogen (secondary N) is 2. The lowest BCUT2D eigenvalue weighted by atomic mass is 10.1. The maximum absolute atomic E-state index is 11.6. The number of urea groups is 1. The Balaban J connectivity index is 2.27. The van der Waals surface area contributed by atoms with Crippen LogP contribution in [0.15, 0.2) is 18.2 Å². The van der Waals surface area contributed by atoms with Gasteiger partial charge in [0.25, 0.3) is 5.91 Å². The molecule has 1 aromatic carbocycles. The molecule has 0 saturated carbocycles. The second-order valence-electron chi connectivity index (χ2n) is 5.38. The molecule has 3 amide bonds. The molecule has 0 unspecified atom stereocenters. The Bertz CT molecular complexity index is 586. The van der Waals surface area contributed by atoms with Crippen molar-refractivity contribution in [2.75, 3.05) is 19.8 Å². The molecule has 24 heavy (non-hydrogen) atoms. The molecule has 0 spiro atoms. The van der Waals surface area contributed by atoms with Crippen LogP contribution in [-0.4, -0.2) is 37.7 Å². The van der Waals surface area contributed by atoms with Gasteiger partial charge in [0.05, 0.1) is 0 Å². The molecule has 0 bridgehead atoms. The summed E-state index contributed by atoms with van der Waals surface area (Å²) in [6.07, 6.45) is 1.76. The second kappa shape index (κ2) is 10.3. The highest BCUT2D eigenvalue weighted by Gasteiger charge is 2.11. The summed E-state index contributed by atoms with van der Waals surface area (Å²) in [5.41, 5.74) is 1.91. The summed E-state index contributed by atoms with van der Waals surface area (Å²) < 4.78 is 10.1. The van der Waals surface area contributed by atoms with Crippen molar-refractivity contribution in [3.8, 4) is 5.75 Å². The van der Waals surface area contributed by atoms with E-state index in [0.29, 0.717) is 12.3 Å². The van der Waals surface area contributed by atoms with Gasteiger partial charge in [-0.1, -0.05) is 25.5 Å². The van der Waals surface area contributed by atoms with Crippen molar-refractivity contribution in [1.82, 2.24) is 10.6 Å². The molecule has 2 N–H and O–H groups in total. The molecule has 0 aliphatic rings. The number of benzene rings is 1. The highest BCUT2D eigenvalue weighted by molar-refractivity contribution is 5.95. The van der Waals surface area contributed by atoms with Crippen LogP contribution < -0.4 is 15.4 Å². The maximum atomic E-state index is 11.6. The number of imide groups is 1. The van der Waals surface area contributed by atoms with Crippen molar-refractivity contribution in [2.24, 2.45) is 0 Å². The smallest absolute Gasteiger partial charge is 0.344 e. The largest absolute Gasteiger partial charge is 0.482 e. The zero-order chi connectivity index (χ0) is 17.9. The average molecular weight is 336 g/mol. The fourth-order valence-electron chi connectivity index (χ4n) is 1.77. The number of ether oxygens (including phenoxy) is 2. The van der Waals surface area contributed by atoms with Crippen molar-refractivity contribution in [3.05, 3.63) is 29.3 Å². The van der Waals surface area contributed by atoms with Crippen LogP contribution in [0.2, 0.25) is 0 Å². The zero-order valence-electron chi connectivity index (χ0n) is 14.3. The highest BCUT2D eigenvalue weighted by atomic mass is 16.6. The van der Waals surface area contributed by atoms with E-state index >= 15 is 0 Å². The van der Waals surface area contributed by atoms with Crippen molar-refractivity contribution in [3.63, 3.8) is 0 Å². The lowest BCUT2D eigenvalue weighted by Crippen LogP contribution is -2.41. The Morgan fingerprint density at radius 3 is 2.58 bits per heavy atom. The number of unbranched alkanes of at least 4 members (excludes halogenated alkanes) is 1. The van der Waals surface area contributed by atoms with Crippen LogP contribution in [-0.2, 0) is 14.3 Å². The standard InChI is InChI=1S/C17H24N2O5/c1-4-5-8-18-17(22)19-15(20)10-24-16(21)11-23-14-9-12(2)6-7-13(14)3/h6-7,9H,4-5,8,10-11H2,1-3H3,(H2,18,19,20,22). The molecule has 0 fully saturated rings. The number of rotatable bonds is 8. The van der Waals surface area contributed by atoms with E-state index in [1.807, 2.05) is 39.0 Å². The minimum absolute atomic E-state index is 0.305. The van der Waals surface area contributed by atoms with Crippen molar-refractivity contribution in [2.45, 2.75) is 33.6 Å². The molecule has 0 aliphatic carbocycles. The van der Waals surface area contributed by atoms with E-state index in [0.717, 1.165) is 24.0 Å². The quantitative estimate of drug-likeness (QED) is 0.558. The van der Waals surface area contributed by atoms with Crippen molar-refractivity contribution < 1.29 is 23.9 Å². The zero-order valence-corrected chi connectivity index (χ0v) is 14.3. The number of esters is 1. The number of aryl methyl sites for hydroxylation is 2. The molecule has 1 aromatic rings. The number of hydrogen-bond acceptors (Lipinski definition) is 5.